The topological polar surface area (TPSA) is 20.3 Å². The molecule has 1 amide bonds. The quantitative estimate of drug-likeness (QED) is 0.767. The second kappa shape index (κ2) is 4.85. The van der Waals surface area contributed by atoms with Gasteiger partial charge in [-0.25, -0.2) is 0 Å². The molecule has 1 aromatic rings. The van der Waals surface area contributed by atoms with E-state index in [9.17, 15) is 4.79 Å². The Morgan fingerprint density at radius 1 is 1.67 bits per heavy atom. The standard InChI is InChI=1S/C10H11BrClNOS/c11-6-7-2-1-5-13(7)10(14)8-3-4-9(12)15-8/h3-4,7H,1-2,5-6H2. The van der Waals surface area contributed by atoms with E-state index in [4.69, 9.17) is 11.6 Å². The summed E-state index contributed by atoms with van der Waals surface area (Å²) < 4.78 is 0.674. The number of amides is 1. The predicted octanol–water partition coefficient (Wildman–Crippen LogP) is 3.40. The number of hydrogen-bond acceptors (Lipinski definition) is 2. The Bertz CT molecular complexity index is 368. The van der Waals surface area contributed by atoms with Crippen molar-refractivity contribution in [1.82, 2.24) is 4.90 Å². The zero-order valence-corrected chi connectivity index (χ0v) is 11.2. The molecule has 1 saturated heterocycles. The Kier molecular flexibility index (Phi) is 3.69. The maximum atomic E-state index is 12.1. The molecule has 1 fully saturated rings. The molecule has 1 aliphatic rings. The minimum atomic E-state index is 0.119. The van der Waals surface area contributed by atoms with Crippen molar-refractivity contribution in [1.29, 1.82) is 0 Å². The summed E-state index contributed by atoms with van der Waals surface area (Å²) in [6.07, 6.45) is 2.19. The van der Waals surface area contributed by atoms with Crippen LogP contribution in [0.3, 0.4) is 0 Å². The zero-order chi connectivity index (χ0) is 10.8. The van der Waals surface area contributed by atoms with E-state index in [1.165, 1.54) is 11.3 Å². The van der Waals surface area contributed by atoms with Crippen LogP contribution in [-0.4, -0.2) is 28.7 Å². The molecular formula is C10H11BrClNOS. The highest BCUT2D eigenvalue weighted by atomic mass is 79.9. The average Bonchev–Trinajstić information content (AvgIpc) is 2.84. The first-order valence-corrected chi connectivity index (χ1v) is 7.16. The third kappa shape index (κ3) is 2.37. The SMILES string of the molecule is O=C(c1ccc(Cl)s1)N1CCCC1CBr. The molecule has 1 atom stereocenters. The molecule has 0 spiro atoms. The molecule has 2 nitrogen and oxygen atoms in total. The first-order chi connectivity index (χ1) is 7.22. The van der Waals surface area contributed by atoms with Crippen molar-refractivity contribution in [3.8, 4) is 0 Å². The van der Waals surface area contributed by atoms with Gasteiger partial charge in [-0.3, -0.25) is 4.79 Å². The third-order valence-electron chi connectivity index (χ3n) is 2.60. The minimum absolute atomic E-state index is 0.119. The van der Waals surface area contributed by atoms with Crippen LogP contribution in [0.5, 0.6) is 0 Å². The normalized spacial score (nSPS) is 20.9. The van der Waals surface area contributed by atoms with Crippen LogP contribution >= 0.6 is 38.9 Å². The summed E-state index contributed by atoms with van der Waals surface area (Å²) in [4.78, 5) is 14.8. The van der Waals surface area contributed by atoms with Crippen molar-refractivity contribution in [3.63, 3.8) is 0 Å². The van der Waals surface area contributed by atoms with Gasteiger partial charge >= 0.3 is 0 Å². The number of thiophene rings is 1. The van der Waals surface area contributed by atoms with Gasteiger partial charge in [-0.15, -0.1) is 11.3 Å². The van der Waals surface area contributed by atoms with Gasteiger partial charge in [-0.05, 0) is 25.0 Å². The summed E-state index contributed by atoms with van der Waals surface area (Å²) in [5, 5.41) is 0.859. The molecule has 0 radical (unpaired) electrons. The van der Waals surface area contributed by atoms with Gasteiger partial charge in [0.2, 0.25) is 0 Å². The van der Waals surface area contributed by atoms with Gasteiger partial charge in [0, 0.05) is 17.9 Å². The third-order valence-corrected chi connectivity index (χ3v) is 4.57. The minimum Gasteiger partial charge on any atom is -0.334 e. The van der Waals surface area contributed by atoms with Gasteiger partial charge in [0.25, 0.3) is 5.91 Å². The summed E-state index contributed by atoms with van der Waals surface area (Å²) in [6, 6.07) is 3.93. The lowest BCUT2D eigenvalue weighted by Gasteiger charge is -2.22. The second-order valence-corrected chi connectivity index (χ2v) is 5.92. The Balaban J connectivity index is 2.13. The van der Waals surface area contributed by atoms with Gasteiger partial charge in [0.05, 0.1) is 9.21 Å². The fourth-order valence-corrected chi connectivity index (χ4v) is 3.51. The summed E-state index contributed by atoms with van der Waals surface area (Å²) in [6.45, 7) is 0.866. The van der Waals surface area contributed by atoms with Crippen LogP contribution in [0.1, 0.15) is 22.5 Å². The molecule has 0 N–H and O–H groups in total. The molecule has 1 aliphatic heterocycles. The fraction of sp³-hybridized carbons (Fsp3) is 0.500. The van der Waals surface area contributed by atoms with Crippen molar-refractivity contribution in [2.75, 3.05) is 11.9 Å². The number of rotatable bonds is 2. The van der Waals surface area contributed by atoms with Crippen LogP contribution in [0.4, 0.5) is 0 Å². The van der Waals surface area contributed by atoms with Crippen LogP contribution in [-0.2, 0) is 0 Å². The number of halogens is 2. The van der Waals surface area contributed by atoms with Crippen LogP contribution in [0.2, 0.25) is 4.34 Å². The number of carbonyl (C=O) groups is 1. The van der Waals surface area contributed by atoms with Crippen LogP contribution in [0.25, 0.3) is 0 Å². The number of likely N-dealkylation sites (tertiary alicyclic amines) is 1. The summed E-state index contributed by atoms with van der Waals surface area (Å²) in [5.41, 5.74) is 0. The van der Waals surface area contributed by atoms with Gasteiger partial charge in [-0.2, -0.15) is 0 Å². The Morgan fingerprint density at radius 2 is 2.47 bits per heavy atom. The largest absolute Gasteiger partial charge is 0.334 e. The van der Waals surface area contributed by atoms with Crippen molar-refractivity contribution in [2.24, 2.45) is 0 Å². The van der Waals surface area contributed by atoms with Gasteiger partial charge < -0.3 is 4.90 Å². The predicted molar refractivity (Wildman–Crippen MR) is 67.2 cm³/mol. The summed E-state index contributed by atoms with van der Waals surface area (Å²) >= 11 is 10.6. The zero-order valence-electron chi connectivity index (χ0n) is 8.08. The molecule has 15 heavy (non-hydrogen) atoms. The number of alkyl halides is 1. The molecule has 0 aliphatic carbocycles. The molecule has 82 valence electrons. The fourth-order valence-electron chi connectivity index (χ4n) is 1.83. The van der Waals surface area contributed by atoms with Crippen molar-refractivity contribution < 1.29 is 4.79 Å². The van der Waals surface area contributed by atoms with Gasteiger partial charge in [-0.1, -0.05) is 27.5 Å². The van der Waals surface area contributed by atoms with Crippen molar-refractivity contribution in [3.05, 3.63) is 21.3 Å². The smallest absolute Gasteiger partial charge is 0.264 e. The molecule has 0 aromatic carbocycles. The maximum absolute atomic E-state index is 12.1. The second-order valence-electron chi connectivity index (χ2n) is 3.55. The summed E-state index contributed by atoms with van der Waals surface area (Å²) in [5.74, 6) is 0.119. The molecule has 5 heteroatoms. The average molecular weight is 309 g/mol. The lowest BCUT2D eigenvalue weighted by Crippen LogP contribution is -2.35. The molecular weight excluding hydrogens is 298 g/mol. The molecule has 2 heterocycles. The number of carbonyl (C=O) groups excluding carboxylic acids is 1. The Labute approximate surface area is 106 Å². The van der Waals surface area contributed by atoms with E-state index in [-0.39, 0.29) is 5.91 Å². The first-order valence-electron chi connectivity index (χ1n) is 4.84. The molecule has 0 saturated carbocycles. The van der Waals surface area contributed by atoms with Crippen LogP contribution in [0.15, 0.2) is 12.1 Å². The van der Waals surface area contributed by atoms with Crippen molar-refractivity contribution in [2.45, 2.75) is 18.9 Å². The summed E-state index contributed by atoms with van der Waals surface area (Å²) in [7, 11) is 0. The van der Waals surface area contributed by atoms with Gasteiger partial charge in [0.1, 0.15) is 0 Å². The van der Waals surface area contributed by atoms with Crippen molar-refractivity contribution >= 4 is 44.8 Å². The lowest BCUT2D eigenvalue weighted by molar-refractivity contribution is 0.0755. The highest BCUT2D eigenvalue weighted by molar-refractivity contribution is 9.09. The van der Waals surface area contributed by atoms with E-state index in [1.807, 2.05) is 4.90 Å². The molecule has 1 unspecified atom stereocenters. The molecule has 1 aromatic heterocycles. The Morgan fingerprint density at radius 3 is 3.07 bits per heavy atom. The lowest BCUT2D eigenvalue weighted by atomic mass is 10.2. The highest BCUT2D eigenvalue weighted by Gasteiger charge is 2.29. The highest BCUT2D eigenvalue weighted by Crippen LogP contribution is 2.26. The molecule has 2 rings (SSSR count). The van der Waals surface area contributed by atoms with E-state index in [2.05, 4.69) is 15.9 Å². The van der Waals surface area contributed by atoms with Gasteiger partial charge in [0.15, 0.2) is 0 Å². The van der Waals surface area contributed by atoms with E-state index in [0.717, 1.165) is 29.6 Å². The molecule has 0 bridgehead atoms. The van der Waals surface area contributed by atoms with E-state index in [0.29, 0.717) is 10.4 Å². The van der Waals surface area contributed by atoms with Crippen LogP contribution < -0.4 is 0 Å². The number of nitrogens with zero attached hydrogens (tertiary/aromatic N) is 1. The first kappa shape index (κ1) is 11.4. The Hall–Kier alpha value is -0.0600. The number of hydrogen-bond donors (Lipinski definition) is 0. The van der Waals surface area contributed by atoms with E-state index in [1.54, 1.807) is 12.1 Å². The monoisotopic (exact) mass is 307 g/mol. The maximum Gasteiger partial charge on any atom is 0.264 e. The van der Waals surface area contributed by atoms with E-state index < -0.39 is 0 Å². The van der Waals surface area contributed by atoms with E-state index >= 15 is 0 Å². The van der Waals surface area contributed by atoms with Crippen LogP contribution in [0, 0.1) is 0 Å².